The number of ether oxygens (including phenoxy) is 1. The predicted molar refractivity (Wildman–Crippen MR) is 98.3 cm³/mol. The third-order valence-corrected chi connectivity index (χ3v) is 4.48. The third kappa shape index (κ3) is 5.32. The fourth-order valence-corrected chi connectivity index (χ4v) is 3.12. The summed E-state index contributed by atoms with van der Waals surface area (Å²) in [5.74, 6) is 0.467. The number of pyridine rings is 1. The summed E-state index contributed by atoms with van der Waals surface area (Å²) >= 11 is 1.03. The van der Waals surface area contributed by atoms with Gasteiger partial charge >= 0.3 is 0 Å². The first-order valence-corrected chi connectivity index (χ1v) is 8.88. The number of carbonyl (C=O) groups excluding carboxylic acids is 2. The molecule has 8 heteroatoms. The molecule has 2 aromatic rings. The van der Waals surface area contributed by atoms with Crippen LogP contribution in [0, 0.1) is 0 Å². The number of hydrogen-bond acceptors (Lipinski definition) is 7. The molecule has 0 aliphatic carbocycles. The summed E-state index contributed by atoms with van der Waals surface area (Å²) in [6.07, 6.45) is 3.73. The first-order chi connectivity index (χ1) is 12.7. The molecule has 1 aromatic heterocycles. The van der Waals surface area contributed by atoms with Crippen LogP contribution in [0.5, 0.6) is 5.75 Å². The zero-order chi connectivity index (χ0) is 18.2. The van der Waals surface area contributed by atoms with Crippen LogP contribution in [0.25, 0.3) is 0 Å². The first kappa shape index (κ1) is 17.9. The van der Waals surface area contributed by atoms with Crippen LogP contribution >= 0.6 is 11.8 Å². The molecule has 1 fully saturated rings. The SMILES string of the molecule is O=C1NC(=O)C(Cc2ccc(OCCON=Cc3ccccn3)cc2)S1. The molecular formula is C18H17N3O4S. The predicted octanol–water partition coefficient (Wildman–Crippen LogP) is 2.41. The smallest absolute Gasteiger partial charge is 0.286 e. The van der Waals surface area contributed by atoms with Crippen molar-refractivity contribution in [2.45, 2.75) is 11.7 Å². The van der Waals surface area contributed by atoms with Crippen molar-refractivity contribution in [1.82, 2.24) is 10.3 Å². The van der Waals surface area contributed by atoms with Crippen molar-refractivity contribution in [2.24, 2.45) is 5.16 Å². The molecule has 134 valence electrons. The number of benzene rings is 1. The summed E-state index contributed by atoms with van der Waals surface area (Å²) in [6, 6.07) is 12.9. The van der Waals surface area contributed by atoms with E-state index in [2.05, 4.69) is 15.5 Å². The van der Waals surface area contributed by atoms with E-state index >= 15 is 0 Å². The Bertz CT molecular complexity index is 781. The zero-order valence-electron chi connectivity index (χ0n) is 13.8. The average Bonchev–Trinajstić information content (AvgIpc) is 2.97. The molecule has 26 heavy (non-hydrogen) atoms. The number of carbonyl (C=O) groups is 2. The van der Waals surface area contributed by atoms with Crippen molar-refractivity contribution in [3.8, 4) is 5.75 Å². The number of amides is 2. The van der Waals surface area contributed by atoms with E-state index in [1.54, 1.807) is 6.20 Å². The maximum absolute atomic E-state index is 11.6. The summed E-state index contributed by atoms with van der Waals surface area (Å²) in [7, 11) is 0. The van der Waals surface area contributed by atoms with Crippen LogP contribution in [0.15, 0.2) is 53.8 Å². The lowest BCUT2D eigenvalue weighted by Crippen LogP contribution is -2.25. The van der Waals surface area contributed by atoms with E-state index in [0.29, 0.717) is 25.4 Å². The Labute approximate surface area is 154 Å². The molecule has 1 aliphatic heterocycles. The molecule has 1 aromatic carbocycles. The molecule has 1 saturated heterocycles. The van der Waals surface area contributed by atoms with Gasteiger partial charge in [0.25, 0.3) is 5.24 Å². The topological polar surface area (TPSA) is 89.9 Å². The lowest BCUT2D eigenvalue weighted by atomic mass is 10.1. The number of aromatic nitrogens is 1. The standard InChI is InChI=1S/C18H17N3O4S/c22-17-16(26-18(23)21-17)11-13-4-6-15(7-5-13)24-9-10-25-20-12-14-3-1-2-8-19-14/h1-8,12,16H,9-11H2,(H,21,22,23). The minimum absolute atomic E-state index is 0.233. The maximum atomic E-state index is 11.6. The van der Waals surface area contributed by atoms with Gasteiger partial charge < -0.3 is 9.57 Å². The number of rotatable bonds is 8. The molecule has 0 saturated carbocycles. The quantitative estimate of drug-likeness (QED) is 0.435. The Hall–Kier alpha value is -2.87. The number of thioether (sulfide) groups is 1. The van der Waals surface area contributed by atoms with Gasteiger partial charge in [-0.25, -0.2) is 0 Å². The monoisotopic (exact) mass is 371 g/mol. The van der Waals surface area contributed by atoms with Crippen molar-refractivity contribution < 1.29 is 19.2 Å². The second-order valence-corrected chi connectivity index (χ2v) is 6.58. The van der Waals surface area contributed by atoms with Gasteiger partial charge in [0.2, 0.25) is 5.91 Å². The number of imide groups is 1. The van der Waals surface area contributed by atoms with E-state index in [-0.39, 0.29) is 16.4 Å². The highest BCUT2D eigenvalue weighted by molar-refractivity contribution is 8.15. The molecule has 3 rings (SSSR count). The van der Waals surface area contributed by atoms with Gasteiger partial charge in [-0.05, 0) is 36.2 Å². The summed E-state index contributed by atoms with van der Waals surface area (Å²) in [4.78, 5) is 31.9. The molecule has 7 nitrogen and oxygen atoms in total. The van der Waals surface area contributed by atoms with Crippen LogP contribution in [0.4, 0.5) is 4.79 Å². The highest BCUT2D eigenvalue weighted by Gasteiger charge is 2.31. The van der Waals surface area contributed by atoms with Gasteiger partial charge in [-0.3, -0.25) is 19.9 Å². The molecule has 1 atom stereocenters. The van der Waals surface area contributed by atoms with Crippen molar-refractivity contribution in [1.29, 1.82) is 0 Å². The Morgan fingerprint density at radius 3 is 2.69 bits per heavy atom. The van der Waals surface area contributed by atoms with Gasteiger partial charge in [0.05, 0.1) is 17.2 Å². The van der Waals surface area contributed by atoms with E-state index in [0.717, 1.165) is 23.0 Å². The second-order valence-electron chi connectivity index (χ2n) is 5.40. The number of oxime groups is 1. The van der Waals surface area contributed by atoms with Crippen LogP contribution < -0.4 is 10.1 Å². The summed E-state index contributed by atoms with van der Waals surface area (Å²) in [6.45, 7) is 0.667. The fraction of sp³-hybridized carbons (Fsp3) is 0.222. The molecule has 2 heterocycles. The lowest BCUT2D eigenvalue weighted by Gasteiger charge is -2.08. The number of nitrogens with zero attached hydrogens (tertiary/aromatic N) is 2. The van der Waals surface area contributed by atoms with E-state index < -0.39 is 0 Å². The Morgan fingerprint density at radius 2 is 2.00 bits per heavy atom. The van der Waals surface area contributed by atoms with E-state index in [4.69, 9.17) is 9.57 Å². The lowest BCUT2D eigenvalue weighted by molar-refractivity contribution is -0.118. The summed E-state index contributed by atoms with van der Waals surface area (Å²) < 4.78 is 5.57. The molecule has 1 aliphatic rings. The fourth-order valence-electron chi connectivity index (χ4n) is 2.26. The maximum Gasteiger partial charge on any atom is 0.286 e. The van der Waals surface area contributed by atoms with Gasteiger partial charge in [0.15, 0.2) is 6.61 Å². The summed E-state index contributed by atoms with van der Waals surface area (Å²) in [5, 5.41) is 5.46. The van der Waals surface area contributed by atoms with Crippen molar-refractivity contribution >= 4 is 29.1 Å². The van der Waals surface area contributed by atoms with Gasteiger partial charge in [0.1, 0.15) is 12.4 Å². The van der Waals surface area contributed by atoms with Gasteiger partial charge in [-0.15, -0.1) is 0 Å². The van der Waals surface area contributed by atoms with Crippen LogP contribution in [-0.4, -0.2) is 40.8 Å². The Kier molecular flexibility index (Phi) is 6.21. The van der Waals surface area contributed by atoms with Crippen LogP contribution in [-0.2, 0) is 16.1 Å². The number of hydrogen-bond donors (Lipinski definition) is 1. The second kappa shape index (κ2) is 9.00. The molecule has 1 N–H and O–H groups in total. The molecule has 1 unspecified atom stereocenters. The third-order valence-electron chi connectivity index (χ3n) is 3.50. The minimum Gasteiger partial charge on any atom is -0.490 e. The van der Waals surface area contributed by atoms with Crippen molar-refractivity contribution in [3.05, 3.63) is 59.9 Å². The van der Waals surface area contributed by atoms with E-state index in [1.807, 2.05) is 42.5 Å². The van der Waals surface area contributed by atoms with Crippen LogP contribution in [0.3, 0.4) is 0 Å². The average molecular weight is 371 g/mol. The molecule has 0 bridgehead atoms. The highest BCUT2D eigenvalue weighted by atomic mass is 32.2. The van der Waals surface area contributed by atoms with Gasteiger partial charge in [-0.1, -0.05) is 35.1 Å². The molecule has 2 amide bonds. The first-order valence-electron chi connectivity index (χ1n) is 8.00. The molecule has 0 spiro atoms. The van der Waals surface area contributed by atoms with Gasteiger partial charge in [-0.2, -0.15) is 0 Å². The van der Waals surface area contributed by atoms with Gasteiger partial charge in [0, 0.05) is 6.20 Å². The largest absolute Gasteiger partial charge is 0.490 e. The Morgan fingerprint density at radius 1 is 1.15 bits per heavy atom. The van der Waals surface area contributed by atoms with Crippen LogP contribution in [0.2, 0.25) is 0 Å². The molecular weight excluding hydrogens is 354 g/mol. The highest BCUT2D eigenvalue weighted by Crippen LogP contribution is 2.23. The van der Waals surface area contributed by atoms with E-state index in [9.17, 15) is 9.59 Å². The van der Waals surface area contributed by atoms with Crippen molar-refractivity contribution in [3.63, 3.8) is 0 Å². The normalized spacial score (nSPS) is 16.7. The minimum atomic E-state index is -0.361. The summed E-state index contributed by atoms with van der Waals surface area (Å²) in [5.41, 5.74) is 1.69. The molecule has 0 radical (unpaired) electrons. The zero-order valence-corrected chi connectivity index (χ0v) is 14.6. The van der Waals surface area contributed by atoms with Crippen LogP contribution in [0.1, 0.15) is 11.3 Å². The Balaban J connectivity index is 1.37. The number of nitrogens with one attached hydrogen (secondary N) is 1. The van der Waals surface area contributed by atoms with E-state index in [1.165, 1.54) is 6.21 Å². The van der Waals surface area contributed by atoms with Crippen molar-refractivity contribution in [2.75, 3.05) is 13.2 Å².